The predicted molar refractivity (Wildman–Crippen MR) is 104 cm³/mol. The van der Waals surface area contributed by atoms with Crippen LogP contribution in [-0.2, 0) is 21.3 Å². The van der Waals surface area contributed by atoms with Gasteiger partial charge in [0.05, 0.1) is 18.1 Å². The molecule has 6 heteroatoms. The largest absolute Gasteiger partial charge is 0.379 e. The Morgan fingerprint density at radius 2 is 1.74 bits per heavy atom. The van der Waals surface area contributed by atoms with Crippen LogP contribution in [0.25, 0.3) is 0 Å². The minimum Gasteiger partial charge on any atom is -0.379 e. The van der Waals surface area contributed by atoms with Gasteiger partial charge in [0.25, 0.3) is 0 Å². The summed E-state index contributed by atoms with van der Waals surface area (Å²) in [7, 11) is -3.39. The van der Waals surface area contributed by atoms with Gasteiger partial charge in [-0.25, -0.2) is 8.42 Å². The van der Waals surface area contributed by atoms with Crippen LogP contribution in [0, 0.1) is 23.7 Å². The van der Waals surface area contributed by atoms with E-state index in [0.717, 1.165) is 30.2 Å². The number of hydrogen-bond donors (Lipinski definition) is 1. The van der Waals surface area contributed by atoms with Crippen molar-refractivity contribution in [1.29, 1.82) is 0 Å². The van der Waals surface area contributed by atoms with Crippen LogP contribution in [0.4, 0.5) is 0 Å². The molecule has 1 aromatic rings. The van der Waals surface area contributed by atoms with E-state index < -0.39 is 10.0 Å². The lowest BCUT2D eigenvalue weighted by atomic mass is 9.79. The number of hydrogen-bond acceptors (Lipinski definition) is 4. The zero-order valence-electron chi connectivity index (χ0n) is 15.8. The molecular formula is C21H30N2O3S. The monoisotopic (exact) mass is 390 g/mol. The van der Waals surface area contributed by atoms with Crippen molar-refractivity contribution in [3.8, 4) is 0 Å². The summed E-state index contributed by atoms with van der Waals surface area (Å²) >= 11 is 0. The van der Waals surface area contributed by atoms with Crippen LogP contribution in [-0.4, -0.2) is 45.1 Å². The number of morpholine rings is 1. The fraction of sp³-hybridized carbons (Fsp3) is 0.714. The molecule has 0 aromatic heterocycles. The maximum Gasteiger partial charge on any atom is 0.243 e. The van der Waals surface area contributed by atoms with Crippen molar-refractivity contribution in [2.75, 3.05) is 26.3 Å². The van der Waals surface area contributed by atoms with Crippen molar-refractivity contribution < 1.29 is 13.2 Å². The van der Waals surface area contributed by atoms with Crippen molar-refractivity contribution in [3.05, 3.63) is 29.8 Å². The van der Waals surface area contributed by atoms with Crippen LogP contribution in [0.3, 0.4) is 0 Å². The first-order valence-corrected chi connectivity index (χ1v) is 12.0. The quantitative estimate of drug-likeness (QED) is 0.840. The number of fused-ring (bicyclic) bond motifs is 5. The third-order valence-corrected chi connectivity index (χ3v) is 9.44. The van der Waals surface area contributed by atoms with Gasteiger partial charge in [-0.2, -0.15) is 4.31 Å². The maximum atomic E-state index is 12.7. The van der Waals surface area contributed by atoms with E-state index in [2.05, 4.69) is 5.32 Å². The summed E-state index contributed by atoms with van der Waals surface area (Å²) in [4.78, 5) is 0.391. The summed E-state index contributed by atoms with van der Waals surface area (Å²) in [6.07, 6.45) is 7.13. The van der Waals surface area contributed by atoms with E-state index in [0.29, 0.717) is 37.2 Å². The Morgan fingerprint density at radius 1 is 1.00 bits per heavy atom. The van der Waals surface area contributed by atoms with Gasteiger partial charge >= 0.3 is 0 Å². The minimum atomic E-state index is -3.39. The van der Waals surface area contributed by atoms with Crippen LogP contribution >= 0.6 is 0 Å². The molecule has 4 aliphatic rings. The molecule has 3 saturated carbocycles. The fourth-order valence-electron chi connectivity index (χ4n) is 6.27. The number of nitrogens with zero attached hydrogens (tertiary/aromatic N) is 1. The molecular weight excluding hydrogens is 360 g/mol. The van der Waals surface area contributed by atoms with Gasteiger partial charge < -0.3 is 10.1 Å². The van der Waals surface area contributed by atoms with Crippen molar-refractivity contribution in [3.63, 3.8) is 0 Å². The zero-order valence-corrected chi connectivity index (χ0v) is 16.7. The van der Waals surface area contributed by atoms with Crippen LogP contribution in [0.15, 0.2) is 29.2 Å². The van der Waals surface area contributed by atoms with Gasteiger partial charge in [0.1, 0.15) is 0 Å². The topological polar surface area (TPSA) is 58.6 Å². The molecule has 0 unspecified atom stereocenters. The lowest BCUT2D eigenvalue weighted by molar-refractivity contribution is 0.0730. The van der Waals surface area contributed by atoms with Crippen LogP contribution in [0.1, 0.15) is 37.7 Å². The number of ether oxygens (including phenoxy) is 1. The second-order valence-corrected chi connectivity index (χ2v) is 10.7. The van der Waals surface area contributed by atoms with Gasteiger partial charge in [-0.1, -0.05) is 18.6 Å². The Balaban J connectivity index is 1.20. The van der Waals surface area contributed by atoms with E-state index in [9.17, 15) is 8.42 Å². The normalized spacial score (nSPS) is 36.2. The van der Waals surface area contributed by atoms with Gasteiger partial charge in [0, 0.05) is 25.7 Å². The molecule has 0 spiro atoms. The van der Waals surface area contributed by atoms with E-state index in [4.69, 9.17) is 4.74 Å². The minimum absolute atomic E-state index is 0.391. The van der Waals surface area contributed by atoms with Gasteiger partial charge in [0.15, 0.2) is 0 Å². The molecule has 5 atom stereocenters. The Bertz CT molecular complexity index is 773. The lowest BCUT2D eigenvalue weighted by Crippen LogP contribution is -2.40. The zero-order chi connectivity index (χ0) is 18.4. The predicted octanol–water partition coefficient (Wildman–Crippen LogP) is 2.62. The SMILES string of the molecule is O=S(=O)(c1ccc(CN[C@H]2C[C@H]3C[C@@H]2[C@H]2CCC[C@H]32)cc1)N1CCOCC1. The summed E-state index contributed by atoms with van der Waals surface area (Å²) in [5.41, 5.74) is 1.17. The van der Waals surface area contributed by atoms with E-state index in [1.807, 2.05) is 12.1 Å². The maximum absolute atomic E-state index is 12.7. The highest BCUT2D eigenvalue weighted by Crippen LogP contribution is 2.58. The number of benzene rings is 1. The third-order valence-electron chi connectivity index (χ3n) is 7.53. The molecule has 1 N–H and O–H groups in total. The summed E-state index contributed by atoms with van der Waals surface area (Å²) in [6, 6.07) is 8.11. The summed E-state index contributed by atoms with van der Waals surface area (Å²) in [5.74, 6) is 3.84. The number of nitrogens with one attached hydrogen (secondary N) is 1. The third kappa shape index (κ3) is 3.24. The average Bonchev–Trinajstić information content (AvgIpc) is 3.41. The lowest BCUT2D eigenvalue weighted by Gasteiger charge is -2.32. The van der Waals surface area contributed by atoms with Gasteiger partial charge in [0.2, 0.25) is 10.0 Å². The molecule has 27 heavy (non-hydrogen) atoms. The highest BCUT2D eigenvalue weighted by atomic mass is 32.2. The molecule has 4 fully saturated rings. The highest BCUT2D eigenvalue weighted by Gasteiger charge is 2.53. The summed E-state index contributed by atoms with van der Waals surface area (Å²) < 4.78 is 32.2. The van der Waals surface area contributed by atoms with Gasteiger partial charge in [-0.05, 0) is 67.1 Å². The second-order valence-electron chi connectivity index (χ2n) is 8.80. The fourth-order valence-corrected chi connectivity index (χ4v) is 7.67. The summed E-state index contributed by atoms with van der Waals surface area (Å²) in [6.45, 7) is 2.68. The first-order valence-electron chi connectivity index (χ1n) is 10.5. The van der Waals surface area contributed by atoms with Crippen molar-refractivity contribution in [1.82, 2.24) is 9.62 Å². The van der Waals surface area contributed by atoms with E-state index in [-0.39, 0.29) is 0 Å². The molecule has 2 bridgehead atoms. The standard InChI is InChI=1S/C21H30N2O3S/c24-27(25,23-8-10-26-11-9-23)17-6-4-15(5-7-17)14-22-21-13-16-12-20(21)19-3-1-2-18(16)19/h4-7,16,18-22H,1-3,8-14H2/t16-,18-,19+,20-,21+/m1/s1. The molecule has 1 aliphatic heterocycles. The first-order chi connectivity index (χ1) is 13.1. The molecule has 0 amide bonds. The van der Waals surface area contributed by atoms with E-state index in [1.54, 1.807) is 12.1 Å². The molecule has 1 aromatic carbocycles. The Morgan fingerprint density at radius 3 is 2.52 bits per heavy atom. The molecule has 1 heterocycles. The number of rotatable bonds is 5. The molecule has 1 saturated heterocycles. The van der Waals surface area contributed by atoms with Gasteiger partial charge in [-0.15, -0.1) is 0 Å². The molecule has 148 valence electrons. The smallest absolute Gasteiger partial charge is 0.243 e. The molecule has 5 nitrogen and oxygen atoms in total. The molecule has 5 rings (SSSR count). The second kappa shape index (κ2) is 7.14. The molecule has 3 aliphatic carbocycles. The highest BCUT2D eigenvalue weighted by molar-refractivity contribution is 7.89. The van der Waals surface area contributed by atoms with Crippen molar-refractivity contribution >= 4 is 10.0 Å². The first kappa shape index (κ1) is 18.1. The van der Waals surface area contributed by atoms with Crippen molar-refractivity contribution in [2.45, 2.75) is 49.6 Å². The Hall–Kier alpha value is -0.950. The van der Waals surface area contributed by atoms with Gasteiger partial charge in [-0.3, -0.25) is 0 Å². The van der Waals surface area contributed by atoms with Crippen LogP contribution < -0.4 is 5.32 Å². The van der Waals surface area contributed by atoms with Crippen LogP contribution in [0.2, 0.25) is 0 Å². The average molecular weight is 391 g/mol. The Kier molecular flexibility index (Phi) is 4.79. The summed E-state index contributed by atoms with van der Waals surface area (Å²) in [5, 5.41) is 3.79. The number of sulfonamides is 1. The Labute approximate surface area is 162 Å². The van der Waals surface area contributed by atoms with Crippen molar-refractivity contribution in [2.24, 2.45) is 23.7 Å². The van der Waals surface area contributed by atoms with E-state index in [1.165, 1.54) is 42.0 Å². The van der Waals surface area contributed by atoms with Crippen LogP contribution in [0.5, 0.6) is 0 Å². The molecule has 0 radical (unpaired) electrons. The van der Waals surface area contributed by atoms with E-state index >= 15 is 0 Å².